The van der Waals surface area contributed by atoms with Crippen molar-refractivity contribution in [2.24, 2.45) is 11.8 Å². The fourth-order valence-electron chi connectivity index (χ4n) is 3.35. The zero-order chi connectivity index (χ0) is 13.1. The van der Waals surface area contributed by atoms with E-state index in [4.69, 9.17) is 4.74 Å². The van der Waals surface area contributed by atoms with E-state index >= 15 is 0 Å². The lowest BCUT2D eigenvalue weighted by Gasteiger charge is -2.20. The largest absolute Gasteiger partial charge is 0.374 e. The van der Waals surface area contributed by atoms with Gasteiger partial charge >= 0.3 is 0 Å². The van der Waals surface area contributed by atoms with Crippen LogP contribution < -0.4 is 0 Å². The number of rotatable bonds is 2. The Morgan fingerprint density at radius 1 is 1.11 bits per heavy atom. The number of ether oxygens (including phenoxy) is 1. The lowest BCUT2D eigenvalue weighted by atomic mass is 9.81. The third-order valence-electron chi connectivity index (χ3n) is 4.65. The van der Waals surface area contributed by atoms with Crippen LogP contribution in [0.4, 0.5) is 0 Å². The van der Waals surface area contributed by atoms with E-state index in [0.717, 1.165) is 18.4 Å². The van der Waals surface area contributed by atoms with E-state index in [0.29, 0.717) is 11.7 Å². The van der Waals surface area contributed by atoms with E-state index in [-0.39, 0.29) is 18.1 Å². The molecule has 2 rings (SSSR count). The van der Waals surface area contributed by atoms with Crippen LogP contribution in [-0.2, 0) is 9.53 Å². The predicted octanol–water partition coefficient (Wildman–Crippen LogP) is 3.90. The first-order valence-electron chi connectivity index (χ1n) is 7.50. The minimum absolute atomic E-state index is 0.0747. The first kappa shape index (κ1) is 13.8. The molecule has 0 aromatic carbocycles. The van der Waals surface area contributed by atoms with Gasteiger partial charge in [-0.2, -0.15) is 0 Å². The molecule has 1 aliphatic carbocycles. The summed E-state index contributed by atoms with van der Waals surface area (Å²) in [6, 6.07) is 0. The van der Waals surface area contributed by atoms with Crippen molar-refractivity contribution in [3.05, 3.63) is 11.6 Å². The van der Waals surface area contributed by atoms with Crippen molar-refractivity contribution in [3.8, 4) is 0 Å². The molecule has 0 bridgehead atoms. The number of allylic oxidation sites excluding steroid dienone is 2. The molecule has 1 aliphatic heterocycles. The maximum Gasteiger partial charge on any atom is 0.164 e. The first-order chi connectivity index (χ1) is 8.61. The van der Waals surface area contributed by atoms with Gasteiger partial charge in [-0.1, -0.05) is 25.8 Å². The smallest absolute Gasteiger partial charge is 0.164 e. The van der Waals surface area contributed by atoms with Crippen molar-refractivity contribution >= 4 is 5.78 Å². The molecule has 1 heterocycles. The summed E-state index contributed by atoms with van der Waals surface area (Å²) in [5.41, 5.74) is 1.08. The molecule has 1 fully saturated rings. The summed E-state index contributed by atoms with van der Waals surface area (Å²) in [6.07, 6.45) is 9.53. The molecule has 2 heteroatoms. The lowest BCUT2D eigenvalue weighted by molar-refractivity contribution is -0.121. The average molecular weight is 250 g/mol. The molecule has 4 unspecified atom stereocenters. The molecule has 4 atom stereocenters. The Hall–Kier alpha value is -0.630. The van der Waals surface area contributed by atoms with Gasteiger partial charge in [-0.3, -0.25) is 4.79 Å². The predicted molar refractivity (Wildman–Crippen MR) is 73.5 cm³/mol. The van der Waals surface area contributed by atoms with Crippen LogP contribution >= 0.6 is 0 Å². The van der Waals surface area contributed by atoms with Gasteiger partial charge in [-0.25, -0.2) is 0 Å². The molecular weight excluding hydrogens is 224 g/mol. The Bertz CT molecular complexity index is 332. The zero-order valence-electron chi connectivity index (χ0n) is 11.9. The minimum Gasteiger partial charge on any atom is -0.374 e. The van der Waals surface area contributed by atoms with Crippen LogP contribution in [0.1, 0.15) is 59.3 Å². The summed E-state index contributed by atoms with van der Waals surface area (Å²) in [4.78, 5) is 12.7. The quantitative estimate of drug-likeness (QED) is 0.743. The van der Waals surface area contributed by atoms with Gasteiger partial charge in [0, 0.05) is 0 Å². The Morgan fingerprint density at radius 2 is 1.83 bits per heavy atom. The summed E-state index contributed by atoms with van der Waals surface area (Å²) >= 11 is 0. The molecular formula is C16H26O2. The maximum absolute atomic E-state index is 12.7. The van der Waals surface area contributed by atoms with Gasteiger partial charge in [0.15, 0.2) is 5.78 Å². The summed E-state index contributed by atoms with van der Waals surface area (Å²) in [5.74, 6) is 0.783. The summed E-state index contributed by atoms with van der Waals surface area (Å²) < 4.78 is 5.81. The SMILES string of the molecule is CC1OC(C)C(C(=O)C2=CCCCCCC2)C1C. The van der Waals surface area contributed by atoms with Crippen LogP contribution in [0.5, 0.6) is 0 Å². The highest BCUT2D eigenvalue weighted by Gasteiger charge is 2.42. The molecule has 0 aromatic rings. The monoisotopic (exact) mass is 250 g/mol. The highest BCUT2D eigenvalue weighted by molar-refractivity contribution is 5.97. The van der Waals surface area contributed by atoms with Crippen molar-refractivity contribution in [2.45, 2.75) is 71.5 Å². The first-order valence-corrected chi connectivity index (χ1v) is 7.50. The number of Topliss-reactive ketones (excluding diaryl/α,β-unsaturated/α-hetero) is 1. The molecule has 0 saturated carbocycles. The van der Waals surface area contributed by atoms with Gasteiger partial charge in [0.2, 0.25) is 0 Å². The van der Waals surface area contributed by atoms with Gasteiger partial charge in [-0.05, 0) is 51.0 Å². The Balaban J connectivity index is 2.09. The molecule has 0 radical (unpaired) electrons. The summed E-state index contributed by atoms with van der Waals surface area (Å²) in [5, 5.41) is 0. The van der Waals surface area contributed by atoms with Crippen LogP contribution in [-0.4, -0.2) is 18.0 Å². The number of hydrogen-bond acceptors (Lipinski definition) is 2. The van der Waals surface area contributed by atoms with Gasteiger partial charge in [-0.15, -0.1) is 0 Å². The van der Waals surface area contributed by atoms with E-state index < -0.39 is 0 Å². The number of carbonyl (C=O) groups excluding carboxylic acids is 1. The van der Waals surface area contributed by atoms with E-state index in [1.165, 1.54) is 25.7 Å². The van der Waals surface area contributed by atoms with Gasteiger partial charge in [0.1, 0.15) is 0 Å². The Labute approximate surface area is 111 Å². The second-order valence-electron chi connectivity index (χ2n) is 5.98. The second kappa shape index (κ2) is 6.01. The molecule has 0 N–H and O–H groups in total. The van der Waals surface area contributed by atoms with E-state index in [9.17, 15) is 4.79 Å². The highest BCUT2D eigenvalue weighted by atomic mass is 16.5. The molecule has 102 valence electrons. The summed E-state index contributed by atoms with van der Waals surface area (Å²) in [6.45, 7) is 6.28. The standard InChI is InChI=1S/C16H26O2/c1-11-12(2)18-13(3)15(11)16(17)14-9-7-5-4-6-8-10-14/h9,11-13,15H,4-8,10H2,1-3H3. The lowest BCUT2D eigenvalue weighted by Crippen LogP contribution is -2.28. The van der Waals surface area contributed by atoms with Crippen molar-refractivity contribution in [1.29, 1.82) is 0 Å². The van der Waals surface area contributed by atoms with Gasteiger partial charge in [0.05, 0.1) is 18.1 Å². The fourth-order valence-corrected chi connectivity index (χ4v) is 3.35. The van der Waals surface area contributed by atoms with Crippen LogP contribution in [0.15, 0.2) is 11.6 Å². The van der Waals surface area contributed by atoms with E-state index in [1.807, 2.05) is 6.92 Å². The highest BCUT2D eigenvalue weighted by Crippen LogP contribution is 2.35. The van der Waals surface area contributed by atoms with Crippen molar-refractivity contribution in [2.75, 3.05) is 0 Å². The number of ketones is 1. The minimum atomic E-state index is 0.0747. The van der Waals surface area contributed by atoms with Crippen molar-refractivity contribution in [3.63, 3.8) is 0 Å². The van der Waals surface area contributed by atoms with Crippen LogP contribution in [0.2, 0.25) is 0 Å². The molecule has 0 amide bonds. The Morgan fingerprint density at radius 3 is 2.50 bits per heavy atom. The zero-order valence-corrected chi connectivity index (χ0v) is 11.9. The van der Waals surface area contributed by atoms with Gasteiger partial charge in [0.25, 0.3) is 0 Å². The Kier molecular flexibility index (Phi) is 4.60. The third kappa shape index (κ3) is 2.85. The molecule has 2 aliphatic rings. The molecule has 0 spiro atoms. The van der Waals surface area contributed by atoms with Crippen LogP contribution in [0.3, 0.4) is 0 Å². The number of carbonyl (C=O) groups is 1. The van der Waals surface area contributed by atoms with Crippen molar-refractivity contribution < 1.29 is 9.53 Å². The van der Waals surface area contributed by atoms with Crippen molar-refractivity contribution in [1.82, 2.24) is 0 Å². The molecule has 1 saturated heterocycles. The summed E-state index contributed by atoms with van der Waals surface area (Å²) in [7, 11) is 0. The molecule has 18 heavy (non-hydrogen) atoms. The topological polar surface area (TPSA) is 26.3 Å². The second-order valence-corrected chi connectivity index (χ2v) is 5.98. The number of hydrogen-bond donors (Lipinski definition) is 0. The third-order valence-corrected chi connectivity index (χ3v) is 4.65. The van der Waals surface area contributed by atoms with Crippen LogP contribution in [0, 0.1) is 11.8 Å². The van der Waals surface area contributed by atoms with E-state index in [1.54, 1.807) is 0 Å². The van der Waals surface area contributed by atoms with Crippen LogP contribution in [0.25, 0.3) is 0 Å². The normalized spacial score (nSPS) is 37.8. The van der Waals surface area contributed by atoms with E-state index in [2.05, 4.69) is 19.9 Å². The molecule has 2 nitrogen and oxygen atoms in total. The van der Waals surface area contributed by atoms with Gasteiger partial charge < -0.3 is 4.74 Å². The molecule has 0 aromatic heterocycles. The average Bonchev–Trinajstić information content (AvgIpc) is 2.52. The fraction of sp³-hybridized carbons (Fsp3) is 0.812. The maximum atomic E-state index is 12.7.